The Kier molecular flexibility index (Phi) is 6.46. The molecule has 2 aromatic carbocycles. The van der Waals surface area contributed by atoms with Crippen LogP contribution in [0.4, 0.5) is 11.4 Å². The van der Waals surface area contributed by atoms with Crippen molar-refractivity contribution in [2.45, 2.75) is 17.1 Å². The number of carbonyl (C=O) groups excluding carboxylic acids is 1. The fourth-order valence-electron chi connectivity index (χ4n) is 2.83. The molecule has 0 radical (unpaired) electrons. The number of rotatable bonds is 5. The number of amides is 1. The lowest BCUT2D eigenvalue weighted by molar-refractivity contribution is -0.115. The Morgan fingerprint density at radius 3 is 2.27 bits per heavy atom. The number of hydrogen-bond acceptors (Lipinski definition) is 4. The van der Waals surface area contributed by atoms with E-state index < -0.39 is 0 Å². The van der Waals surface area contributed by atoms with Gasteiger partial charge >= 0.3 is 0 Å². The smallest absolute Gasteiger partial charge is 0.237 e. The van der Waals surface area contributed by atoms with Crippen molar-refractivity contribution < 1.29 is 4.79 Å². The van der Waals surface area contributed by atoms with E-state index in [1.807, 2.05) is 43.3 Å². The molecule has 1 amide bonds. The monoisotopic (exact) mass is 389 g/mol. The van der Waals surface area contributed by atoms with Crippen molar-refractivity contribution in [3.8, 4) is 0 Å². The number of carbonyl (C=O) groups is 1. The molecule has 3 rings (SSSR count). The molecule has 26 heavy (non-hydrogen) atoms. The Labute approximate surface area is 164 Å². The number of thioether (sulfide) groups is 1. The minimum atomic E-state index is -0.187. The molecular weight excluding hydrogens is 366 g/mol. The van der Waals surface area contributed by atoms with Gasteiger partial charge in [-0.15, -0.1) is 11.8 Å². The van der Waals surface area contributed by atoms with E-state index in [9.17, 15) is 4.79 Å². The molecule has 1 fully saturated rings. The fourth-order valence-corrected chi connectivity index (χ4v) is 3.83. The molecule has 1 heterocycles. The highest BCUT2D eigenvalue weighted by molar-refractivity contribution is 8.00. The molecule has 0 bridgehead atoms. The Morgan fingerprint density at radius 2 is 1.65 bits per heavy atom. The summed E-state index contributed by atoms with van der Waals surface area (Å²) in [7, 11) is 2.15. The standard InChI is InChI=1S/C20H24ClN3OS/c1-15(26-19-9-3-16(21)4-10-19)20(25)22-17-5-7-18(8-6-17)24-13-11-23(2)12-14-24/h3-10,15H,11-14H2,1-2H3,(H,22,25)/t15-/m1/s1. The molecule has 1 aliphatic heterocycles. The lowest BCUT2D eigenvalue weighted by atomic mass is 10.2. The van der Waals surface area contributed by atoms with Crippen molar-refractivity contribution in [1.82, 2.24) is 4.90 Å². The number of likely N-dealkylation sites (N-methyl/N-ethyl adjacent to an activating group) is 1. The summed E-state index contributed by atoms with van der Waals surface area (Å²) in [6.45, 7) is 6.15. The quantitative estimate of drug-likeness (QED) is 0.777. The van der Waals surface area contributed by atoms with E-state index >= 15 is 0 Å². The predicted octanol–water partition coefficient (Wildman–Crippen LogP) is 4.21. The minimum absolute atomic E-state index is 0.00250. The van der Waals surface area contributed by atoms with Gasteiger partial charge < -0.3 is 15.1 Å². The topological polar surface area (TPSA) is 35.6 Å². The van der Waals surface area contributed by atoms with E-state index in [1.165, 1.54) is 17.4 Å². The number of nitrogens with zero attached hydrogens (tertiary/aromatic N) is 2. The molecule has 6 heteroatoms. The predicted molar refractivity (Wildman–Crippen MR) is 112 cm³/mol. The normalized spacial score (nSPS) is 16.3. The zero-order valence-corrected chi connectivity index (χ0v) is 16.7. The average molecular weight is 390 g/mol. The van der Waals surface area contributed by atoms with Crippen molar-refractivity contribution in [3.63, 3.8) is 0 Å². The maximum atomic E-state index is 12.4. The van der Waals surface area contributed by atoms with Crippen LogP contribution in [0.15, 0.2) is 53.4 Å². The Morgan fingerprint density at radius 1 is 1.04 bits per heavy atom. The molecule has 1 saturated heterocycles. The van der Waals surface area contributed by atoms with Crippen LogP contribution in [0.2, 0.25) is 5.02 Å². The molecule has 0 aromatic heterocycles. The molecule has 0 aliphatic carbocycles. The number of benzene rings is 2. The first-order chi connectivity index (χ1) is 12.5. The maximum Gasteiger partial charge on any atom is 0.237 e. The van der Waals surface area contributed by atoms with Gasteiger partial charge in [-0.05, 0) is 62.5 Å². The van der Waals surface area contributed by atoms with E-state index in [1.54, 1.807) is 0 Å². The van der Waals surface area contributed by atoms with Gasteiger partial charge in [-0.3, -0.25) is 4.79 Å². The lowest BCUT2D eigenvalue weighted by Gasteiger charge is -2.34. The molecule has 4 nitrogen and oxygen atoms in total. The fraction of sp³-hybridized carbons (Fsp3) is 0.350. The third-order valence-electron chi connectivity index (χ3n) is 4.50. The first kappa shape index (κ1) is 19.1. The molecule has 1 aliphatic rings. The zero-order valence-electron chi connectivity index (χ0n) is 15.1. The first-order valence-electron chi connectivity index (χ1n) is 8.78. The second-order valence-electron chi connectivity index (χ2n) is 6.54. The summed E-state index contributed by atoms with van der Waals surface area (Å²) in [6, 6.07) is 15.7. The van der Waals surface area contributed by atoms with Crippen LogP contribution in [0, 0.1) is 0 Å². The van der Waals surface area contributed by atoms with Crippen LogP contribution >= 0.6 is 23.4 Å². The second kappa shape index (κ2) is 8.80. The van der Waals surface area contributed by atoms with Crippen molar-refractivity contribution in [2.75, 3.05) is 43.4 Å². The molecule has 0 saturated carbocycles. The molecule has 2 aromatic rings. The van der Waals surface area contributed by atoms with E-state index in [2.05, 4.69) is 34.3 Å². The van der Waals surface area contributed by atoms with Gasteiger partial charge in [0.25, 0.3) is 0 Å². The van der Waals surface area contributed by atoms with Gasteiger partial charge in [0.15, 0.2) is 0 Å². The molecule has 0 unspecified atom stereocenters. The van der Waals surface area contributed by atoms with Crippen LogP contribution in [0.3, 0.4) is 0 Å². The van der Waals surface area contributed by atoms with Gasteiger partial charge in [0.1, 0.15) is 0 Å². The number of anilines is 2. The summed E-state index contributed by atoms with van der Waals surface area (Å²) in [5.41, 5.74) is 2.04. The van der Waals surface area contributed by atoms with Gasteiger partial charge in [-0.2, -0.15) is 0 Å². The van der Waals surface area contributed by atoms with Gasteiger partial charge in [0, 0.05) is 47.5 Å². The summed E-state index contributed by atoms with van der Waals surface area (Å²) >= 11 is 7.42. The molecular formula is C20H24ClN3OS. The van der Waals surface area contributed by atoms with Gasteiger partial charge in [-0.1, -0.05) is 11.6 Å². The van der Waals surface area contributed by atoms with Crippen molar-refractivity contribution in [3.05, 3.63) is 53.6 Å². The van der Waals surface area contributed by atoms with Crippen molar-refractivity contribution in [2.24, 2.45) is 0 Å². The summed E-state index contributed by atoms with van der Waals surface area (Å²) in [5, 5.41) is 3.51. The van der Waals surface area contributed by atoms with Crippen LogP contribution < -0.4 is 10.2 Å². The SMILES string of the molecule is C[C@@H](Sc1ccc(Cl)cc1)C(=O)Nc1ccc(N2CCN(C)CC2)cc1. The summed E-state index contributed by atoms with van der Waals surface area (Å²) < 4.78 is 0. The minimum Gasteiger partial charge on any atom is -0.369 e. The summed E-state index contributed by atoms with van der Waals surface area (Å²) in [5.74, 6) is -0.00250. The van der Waals surface area contributed by atoms with Crippen LogP contribution in [-0.4, -0.2) is 49.3 Å². The van der Waals surface area contributed by atoms with Crippen molar-refractivity contribution in [1.29, 1.82) is 0 Å². The Balaban J connectivity index is 1.54. The highest BCUT2D eigenvalue weighted by atomic mass is 35.5. The van der Waals surface area contributed by atoms with E-state index in [0.717, 1.165) is 36.8 Å². The third kappa shape index (κ3) is 5.16. The Bertz CT molecular complexity index is 728. The zero-order chi connectivity index (χ0) is 18.5. The largest absolute Gasteiger partial charge is 0.369 e. The average Bonchev–Trinajstić information content (AvgIpc) is 2.65. The van der Waals surface area contributed by atoms with E-state index in [4.69, 9.17) is 11.6 Å². The van der Waals surface area contributed by atoms with Crippen LogP contribution in [0.1, 0.15) is 6.92 Å². The number of hydrogen-bond donors (Lipinski definition) is 1. The molecule has 1 atom stereocenters. The van der Waals surface area contributed by atoms with Gasteiger partial charge in [-0.25, -0.2) is 0 Å². The molecule has 138 valence electrons. The van der Waals surface area contributed by atoms with Crippen LogP contribution in [0.25, 0.3) is 0 Å². The number of nitrogens with one attached hydrogen (secondary N) is 1. The number of halogens is 1. The van der Waals surface area contributed by atoms with Crippen molar-refractivity contribution >= 4 is 40.6 Å². The lowest BCUT2D eigenvalue weighted by Crippen LogP contribution is -2.44. The highest BCUT2D eigenvalue weighted by Crippen LogP contribution is 2.26. The van der Waals surface area contributed by atoms with Gasteiger partial charge in [0.2, 0.25) is 5.91 Å². The highest BCUT2D eigenvalue weighted by Gasteiger charge is 2.16. The third-order valence-corrected chi connectivity index (χ3v) is 5.86. The molecule has 0 spiro atoms. The van der Waals surface area contributed by atoms with E-state index in [-0.39, 0.29) is 11.2 Å². The van der Waals surface area contributed by atoms with E-state index in [0.29, 0.717) is 5.02 Å². The summed E-state index contributed by atoms with van der Waals surface area (Å²) in [6.07, 6.45) is 0. The van der Waals surface area contributed by atoms with Crippen LogP contribution in [0.5, 0.6) is 0 Å². The Hall–Kier alpha value is -1.69. The first-order valence-corrected chi connectivity index (χ1v) is 10.0. The molecule has 1 N–H and O–H groups in total. The summed E-state index contributed by atoms with van der Waals surface area (Å²) in [4.78, 5) is 18.2. The maximum absolute atomic E-state index is 12.4. The van der Waals surface area contributed by atoms with Crippen LogP contribution in [-0.2, 0) is 4.79 Å². The second-order valence-corrected chi connectivity index (χ2v) is 8.39. The van der Waals surface area contributed by atoms with Gasteiger partial charge in [0.05, 0.1) is 5.25 Å². The number of piperazine rings is 1.